The van der Waals surface area contributed by atoms with Crippen LogP contribution in [0.2, 0.25) is 0 Å². The van der Waals surface area contributed by atoms with E-state index in [1.807, 2.05) is 0 Å². The summed E-state index contributed by atoms with van der Waals surface area (Å²) < 4.78 is 27.2. The van der Waals surface area contributed by atoms with Crippen LogP contribution in [0.3, 0.4) is 0 Å². The topological polar surface area (TPSA) is 108 Å². The number of hydrogen-bond acceptors (Lipinski definition) is 5. The van der Waals surface area contributed by atoms with Crippen molar-refractivity contribution < 1.29 is 13.2 Å². The molecule has 1 aliphatic rings. The van der Waals surface area contributed by atoms with Crippen LogP contribution in [-0.4, -0.2) is 46.9 Å². The SMILES string of the molecule is CC(NC(=O)c1ccc(S(=O)(=O)N(C)C2CCCCC2)cc1)c1ncn[nH]1. The average molecular weight is 391 g/mol. The summed E-state index contributed by atoms with van der Waals surface area (Å²) in [5, 5.41) is 9.26. The summed E-state index contributed by atoms with van der Waals surface area (Å²) in [6.45, 7) is 1.79. The van der Waals surface area contributed by atoms with Crippen LogP contribution in [0, 0.1) is 0 Å². The third-order valence-corrected chi connectivity index (χ3v) is 7.00. The van der Waals surface area contributed by atoms with E-state index in [0.29, 0.717) is 11.4 Å². The normalized spacial score (nSPS) is 17.0. The second-order valence-corrected chi connectivity index (χ2v) is 8.90. The minimum Gasteiger partial charge on any atom is -0.342 e. The second-order valence-electron chi connectivity index (χ2n) is 6.90. The van der Waals surface area contributed by atoms with Crippen LogP contribution in [0.5, 0.6) is 0 Å². The average Bonchev–Trinajstić information content (AvgIpc) is 3.23. The molecule has 2 N–H and O–H groups in total. The van der Waals surface area contributed by atoms with Gasteiger partial charge in [0.15, 0.2) is 0 Å². The van der Waals surface area contributed by atoms with Gasteiger partial charge in [0.2, 0.25) is 10.0 Å². The van der Waals surface area contributed by atoms with Gasteiger partial charge in [-0.05, 0) is 44.0 Å². The summed E-state index contributed by atoms with van der Waals surface area (Å²) >= 11 is 0. The van der Waals surface area contributed by atoms with Crippen molar-refractivity contribution in [3.8, 4) is 0 Å². The first-order valence-corrected chi connectivity index (χ1v) is 10.6. The third-order valence-electron chi connectivity index (χ3n) is 5.07. The van der Waals surface area contributed by atoms with E-state index in [0.717, 1.165) is 25.7 Å². The summed E-state index contributed by atoms with van der Waals surface area (Å²) in [7, 11) is -1.92. The lowest BCUT2D eigenvalue weighted by Gasteiger charge is -2.30. The molecule has 1 heterocycles. The Balaban J connectivity index is 1.69. The van der Waals surface area contributed by atoms with Gasteiger partial charge in [0, 0.05) is 18.7 Å². The first kappa shape index (κ1) is 19.5. The van der Waals surface area contributed by atoms with E-state index in [-0.39, 0.29) is 22.9 Å². The van der Waals surface area contributed by atoms with E-state index >= 15 is 0 Å². The summed E-state index contributed by atoms with van der Waals surface area (Å²) in [4.78, 5) is 16.6. The number of benzene rings is 1. The predicted octanol–water partition coefficient (Wildman–Crippen LogP) is 2.25. The summed E-state index contributed by atoms with van der Waals surface area (Å²) in [5.74, 6) is 0.250. The molecule has 1 unspecified atom stereocenters. The molecular formula is C18H25N5O3S. The van der Waals surface area contributed by atoms with Crippen LogP contribution in [0.25, 0.3) is 0 Å². The molecule has 1 amide bonds. The van der Waals surface area contributed by atoms with Gasteiger partial charge in [-0.3, -0.25) is 9.89 Å². The maximum absolute atomic E-state index is 12.9. The standard InChI is InChI=1S/C18H25N5O3S/c1-13(17-19-12-20-22-17)21-18(24)14-8-10-16(11-9-14)27(25,26)23(2)15-6-4-3-5-7-15/h8-13,15H,3-7H2,1-2H3,(H,21,24)(H,19,20,22). The Morgan fingerprint density at radius 1 is 1.22 bits per heavy atom. The minimum absolute atomic E-state index is 0.0504. The first-order valence-electron chi connectivity index (χ1n) is 9.14. The number of aromatic amines is 1. The maximum Gasteiger partial charge on any atom is 0.251 e. The maximum atomic E-state index is 12.9. The fourth-order valence-electron chi connectivity index (χ4n) is 3.36. The first-order chi connectivity index (χ1) is 12.9. The molecule has 0 spiro atoms. The molecule has 1 saturated carbocycles. The number of H-pyrrole nitrogens is 1. The van der Waals surface area contributed by atoms with Gasteiger partial charge in [-0.2, -0.15) is 9.40 Å². The van der Waals surface area contributed by atoms with Gasteiger partial charge in [0.05, 0.1) is 10.9 Å². The Kier molecular flexibility index (Phi) is 5.91. The fourth-order valence-corrected chi connectivity index (χ4v) is 4.77. The summed E-state index contributed by atoms with van der Waals surface area (Å²) in [6, 6.07) is 5.76. The molecule has 8 nitrogen and oxygen atoms in total. The highest BCUT2D eigenvalue weighted by molar-refractivity contribution is 7.89. The van der Waals surface area contributed by atoms with Crippen molar-refractivity contribution >= 4 is 15.9 Å². The largest absolute Gasteiger partial charge is 0.342 e. The Morgan fingerprint density at radius 3 is 2.48 bits per heavy atom. The number of carbonyl (C=O) groups is 1. The summed E-state index contributed by atoms with van der Waals surface area (Å²) in [6.07, 6.45) is 6.46. The van der Waals surface area contributed by atoms with Crippen molar-refractivity contribution in [1.82, 2.24) is 24.8 Å². The van der Waals surface area contributed by atoms with Gasteiger partial charge in [-0.15, -0.1) is 0 Å². The molecule has 1 aromatic carbocycles. The molecule has 1 fully saturated rings. The lowest BCUT2D eigenvalue weighted by molar-refractivity contribution is 0.0938. The number of aromatic nitrogens is 3. The van der Waals surface area contributed by atoms with E-state index in [1.54, 1.807) is 14.0 Å². The Bertz CT molecular complexity index is 859. The van der Waals surface area contributed by atoms with Gasteiger partial charge >= 0.3 is 0 Å². The molecule has 3 rings (SSSR count). The van der Waals surface area contributed by atoms with E-state index in [2.05, 4.69) is 20.5 Å². The lowest BCUT2D eigenvalue weighted by Crippen LogP contribution is -2.38. The van der Waals surface area contributed by atoms with Gasteiger partial charge < -0.3 is 5.32 Å². The zero-order valence-corrected chi connectivity index (χ0v) is 16.4. The van der Waals surface area contributed by atoms with Crippen LogP contribution >= 0.6 is 0 Å². The number of hydrogen-bond donors (Lipinski definition) is 2. The number of nitrogens with one attached hydrogen (secondary N) is 2. The van der Waals surface area contributed by atoms with Crippen LogP contribution in [0.15, 0.2) is 35.5 Å². The molecule has 0 bridgehead atoms. The minimum atomic E-state index is -3.56. The third kappa shape index (κ3) is 4.36. The van der Waals surface area contributed by atoms with E-state index in [9.17, 15) is 13.2 Å². The predicted molar refractivity (Wildman–Crippen MR) is 101 cm³/mol. The highest BCUT2D eigenvalue weighted by Gasteiger charge is 2.29. The van der Waals surface area contributed by atoms with Crippen molar-refractivity contribution in [3.63, 3.8) is 0 Å². The number of nitrogens with zero attached hydrogens (tertiary/aromatic N) is 3. The molecule has 1 aliphatic carbocycles. The quantitative estimate of drug-likeness (QED) is 0.785. The van der Waals surface area contributed by atoms with Gasteiger partial charge in [0.25, 0.3) is 5.91 Å². The van der Waals surface area contributed by atoms with Crippen molar-refractivity contribution in [2.24, 2.45) is 0 Å². The molecule has 1 aromatic heterocycles. The van der Waals surface area contributed by atoms with Gasteiger partial charge in [0.1, 0.15) is 12.2 Å². The Morgan fingerprint density at radius 2 is 1.89 bits per heavy atom. The zero-order valence-electron chi connectivity index (χ0n) is 15.6. The molecule has 0 saturated heterocycles. The number of sulfonamides is 1. The van der Waals surface area contributed by atoms with Crippen LogP contribution in [-0.2, 0) is 10.0 Å². The zero-order chi connectivity index (χ0) is 19.4. The molecule has 146 valence electrons. The van der Waals surface area contributed by atoms with Gasteiger partial charge in [-0.25, -0.2) is 13.4 Å². The van der Waals surface area contributed by atoms with Crippen LogP contribution in [0.4, 0.5) is 0 Å². The van der Waals surface area contributed by atoms with Crippen LogP contribution < -0.4 is 5.32 Å². The van der Waals surface area contributed by atoms with Gasteiger partial charge in [-0.1, -0.05) is 19.3 Å². The molecule has 0 radical (unpaired) electrons. The molecule has 27 heavy (non-hydrogen) atoms. The molecule has 2 aromatic rings. The van der Waals surface area contributed by atoms with Crippen molar-refractivity contribution in [1.29, 1.82) is 0 Å². The molecule has 9 heteroatoms. The Hall–Kier alpha value is -2.26. The highest BCUT2D eigenvalue weighted by atomic mass is 32.2. The van der Waals surface area contributed by atoms with Crippen molar-refractivity contribution in [2.75, 3.05) is 7.05 Å². The second kappa shape index (κ2) is 8.18. The van der Waals surface area contributed by atoms with Crippen LogP contribution in [0.1, 0.15) is 61.3 Å². The number of amides is 1. The molecular weight excluding hydrogens is 366 g/mol. The molecule has 1 atom stereocenters. The monoisotopic (exact) mass is 391 g/mol. The summed E-state index contributed by atoms with van der Waals surface area (Å²) in [5.41, 5.74) is 0.389. The van der Waals surface area contributed by atoms with Crippen molar-refractivity contribution in [2.45, 2.75) is 56.0 Å². The van der Waals surface area contributed by atoms with Crippen molar-refractivity contribution in [3.05, 3.63) is 42.0 Å². The van der Waals surface area contributed by atoms with E-state index in [4.69, 9.17) is 0 Å². The molecule has 0 aliphatic heterocycles. The number of rotatable bonds is 6. The lowest BCUT2D eigenvalue weighted by atomic mass is 9.96. The smallest absolute Gasteiger partial charge is 0.251 e. The number of carbonyl (C=O) groups excluding carboxylic acids is 1. The van der Waals surface area contributed by atoms with E-state index in [1.165, 1.54) is 41.3 Å². The highest BCUT2D eigenvalue weighted by Crippen LogP contribution is 2.26. The Labute approximate surface area is 159 Å². The fraction of sp³-hybridized carbons (Fsp3) is 0.500. The van der Waals surface area contributed by atoms with E-state index < -0.39 is 10.0 Å².